The summed E-state index contributed by atoms with van der Waals surface area (Å²) < 4.78 is 5.10. The van der Waals surface area contributed by atoms with Crippen molar-refractivity contribution in [3.05, 3.63) is 24.3 Å². The molecular formula is C11H14N2O2. The Kier molecular flexibility index (Phi) is 2.36. The molecule has 0 spiro atoms. The third-order valence-electron chi connectivity index (χ3n) is 2.78. The van der Waals surface area contributed by atoms with E-state index in [1.807, 2.05) is 31.2 Å². The van der Waals surface area contributed by atoms with Crippen LogP contribution in [0.1, 0.15) is 6.92 Å². The fourth-order valence-corrected chi connectivity index (χ4v) is 1.77. The standard InChI is InChI=1S/C11H14N2O2/c1-7-10(12)11(14)13(7)8-4-3-5-9(6-8)15-2/h3-7,10H,12H2,1-2H3. The van der Waals surface area contributed by atoms with Gasteiger partial charge in [-0.05, 0) is 19.1 Å². The van der Waals surface area contributed by atoms with Crippen LogP contribution >= 0.6 is 0 Å². The molecule has 0 bridgehead atoms. The SMILES string of the molecule is COc1cccc(N2C(=O)C(N)C2C)c1. The Balaban J connectivity index is 2.27. The second kappa shape index (κ2) is 3.55. The van der Waals surface area contributed by atoms with E-state index in [-0.39, 0.29) is 18.0 Å². The van der Waals surface area contributed by atoms with E-state index in [1.165, 1.54) is 0 Å². The highest BCUT2D eigenvalue weighted by Crippen LogP contribution is 2.29. The van der Waals surface area contributed by atoms with Crippen LogP contribution in [0.5, 0.6) is 5.75 Å². The van der Waals surface area contributed by atoms with Gasteiger partial charge in [-0.15, -0.1) is 0 Å². The Labute approximate surface area is 88.6 Å². The Hall–Kier alpha value is -1.55. The van der Waals surface area contributed by atoms with Gasteiger partial charge in [-0.1, -0.05) is 6.07 Å². The van der Waals surface area contributed by atoms with E-state index >= 15 is 0 Å². The minimum absolute atomic E-state index is 0.0317. The van der Waals surface area contributed by atoms with Gasteiger partial charge in [0.2, 0.25) is 5.91 Å². The highest BCUT2D eigenvalue weighted by molar-refractivity contribution is 6.05. The quantitative estimate of drug-likeness (QED) is 0.727. The summed E-state index contributed by atoms with van der Waals surface area (Å²) in [6, 6.07) is 7.11. The number of rotatable bonds is 2. The van der Waals surface area contributed by atoms with Gasteiger partial charge < -0.3 is 15.4 Å². The number of benzene rings is 1. The molecule has 80 valence electrons. The van der Waals surface area contributed by atoms with Crippen LogP contribution in [0.4, 0.5) is 5.69 Å². The second-order valence-corrected chi connectivity index (χ2v) is 3.68. The molecule has 1 amide bonds. The Morgan fingerprint density at radius 2 is 2.20 bits per heavy atom. The summed E-state index contributed by atoms with van der Waals surface area (Å²) in [4.78, 5) is 13.2. The Bertz CT molecular complexity index is 392. The van der Waals surface area contributed by atoms with Crippen molar-refractivity contribution in [2.45, 2.75) is 19.0 Å². The lowest BCUT2D eigenvalue weighted by Crippen LogP contribution is -2.67. The van der Waals surface area contributed by atoms with Gasteiger partial charge in [0.1, 0.15) is 11.8 Å². The van der Waals surface area contributed by atoms with Gasteiger partial charge in [0.05, 0.1) is 13.2 Å². The summed E-state index contributed by atoms with van der Waals surface area (Å²) in [6.45, 7) is 1.94. The van der Waals surface area contributed by atoms with Crippen LogP contribution in [-0.4, -0.2) is 25.1 Å². The molecule has 2 N–H and O–H groups in total. The van der Waals surface area contributed by atoms with Crippen LogP contribution in [0.3, 0.4) is 0 Å². The van der Waals surface area contributed by atoms with E-state index in [9.17, 15) is 4.79 Å². The minimum Gasteiger partial charge on any atom is -0.497 e. The predicted molar refractivity (Wildman–Crippen MR) is 57.9 cm³/mol. The monoisotopic (exact) mass is 206 g/mol. The van der Waals surface area contributed by atoms with Crippen LogP contribution in [0.25, 0.3) is 0 Å². The first kappa shape index (κ1) is 9.98. The van der Waals surface area contributed by atoms with Crippen molar-refractivity contribution in [3.63, 3.8) is 0 Å². The number of β-lactam (4-membered cyclic amide) rings is 1. The summed E-state index contributed by atoms with van der Waals surface area (Å²) in [7, 11) is 1.60. The fraction of sp³-hybridized carbons (Fsp3) is 0.364. The maximum Gasteiger partial charge on any atom is 0.246 e. The highest BCUT2D eigenvalue weighted by atomic mass is 16.5. The van der Waals surface area contributed by atoms with Crippen molar-refractivity contribution in [2.24, 2.45) is 5.73 Å². The lowest BCUT2D eigenvalue weighted by Gasteiger charge is -2.43. The minimum atomic E-state index is -0.365. The number of hydrogen-bond donors (Lipinski definition) is 1. The Morgan fingerprint density at radius 1 is 1.47 bits per heavy atom. The number of nitrogens with two attached hydrogens (primary N) is 1. The smallest absolute Gasteiger partial charge is 0.246 e. The number of anilines is 1. The molecule has 2 unspecified atom stereocenters. The van der Waals surface area contributed by atoms with E-state index in [1.54, 1.807) is 12.0 Å². The van der Waals surface area contributed by atoms with Crippen LogP contribution < -0.4 is 15.4 Å². The summed E-state index contributed by atoms with van der Waals surface area (Å²) >= 11 is 0. The van der Waals surface area contributed by atoms with E-state index in [2.05, 4.69) is 0 Å². The zero-order valence-corrected chi connectivity index (χ0v) is 8.81. The van der Waals surface area contributed by atoms with Crippen LogP contribution in [0.15, 0.2) is 24.3 Å². The molecule has 0 aromatic heterocycles. The van der Waals surface area contributed by atoms with Crippen molar-refractivity contribution in [2.75, 3.05) is 12.0 Å². The average Bonchev–Trinajstić information content (AvgIpc) is 2.29. The van der Waals surface area contributed by atoms with Gasteiger partial charge in [-0.25, -0.2) is 0 Å². The predicted octanol–water partition coefficient (Wildman–Crippen LogP) is 0.758. The van der Waals surface area contributed by atoms with E-state index < -0.39 is 0 Å². The molecule has 0 radical (unpaired) electrons. The molecule has 1 aromatic carbocycles. The number of methoxy groups -OCH3 is 1. The van der Waals surface area contributed by atoms with Crippen molar-refractivity contribution in [3.8, 4) is 5.75 Å². The maximum atomic E-state index is 11.5. The molecule has 15 heavy (non-hydrogen) atoms. The lowest BCUT2D eigenvalue weighted by atomic mass is 9.97. The fourth-order valence-electron chi connectivity index (χ4n) is 1.77. The molecule has 1 saturated heterocycles. The van der Waals surface area contributed by atoms with Crippen molar-refractivity contribution >= 4 is 11.6 Å². The van der Waals surface area contributed by atoms with E-state index in [0.717, 1.165) is 11.4 Å². The molecule has 4 nitrogen and oxygen atoms in total. The highest BCUT2D eigenvalue weighted by Gasteiger charge is 2.42. The third-order valence-corrected chi connectivity index (χ3v) is 2.78. The zero-order valence-electron chi connectivity index (χ0n) is 8.81. The van der Waals surface area contributed by atoms with E-state index in [0.29, 0.717) is 0 Å². The molecule has 2 atom stereocenters. The van der Waals surface area contributed by atoms with Crippen LogP contribution in [-0.2, 0) is 4.79 Å². The van der Waals surface area contributed by atoms with E-state index in [4.69, 9.17) is 10.5 Å². The first-order valence-corrected chi connectivity index (χ1v) is 4.88. The first-order valence-electron chi connectivity index (χ1n) is 4.88. The number of hydrogen-bond acceptors (Lipinski definition) is 3. The first-order chi connectivity index (χ1) is 7.15. The molecule has 4 heteroatoms. The zero-order chi connectivity index (χ0) is 11.0. The van der Waals surface area contributed by atoms with Gasteiger partial charge >= 0.3 is 0 Å². The summed E-state index contributed by atoms with van der Waals surface area (Å²) in [5, 5.41) is 0. The number of nitrogens with zero attached hydrogens (tertiary/aromatic N) is 1. The molecule has 1 aromatic rings. The molecule has 2 rings (SSSR count). The molecule has 1 fully saturated rings. The maximum absolute atomic E-state index is 11.5. The van der Waals surface area contributed by atoms with Gasteiger partial charge in [-0.2, -0.15) is 0 Å². The average molecular weight is 206 g/mol. The van der Waals surface area contributed by atoms with Crippen molar-refractivity contribution in [1.29, 1.82) is 0 Å². The third kappa shape index (κ3) is 1.47. The topological polar surface area (TPSA) is 55.6 Å². The van der Waals surface area contributed by atoms with Crippen molar-refractivity contribution in [1.82, 2.24) is 0 Å². The number of carbonyl (C=O) groups excluding carboxylic acids is 1. The van der Waals surface area contributed by atoms with Gasteiger partial charge in [0.15, 0.2) is 0 Å². The second-order valence-electron chi connectivity index (χ2n) is 3.68. The van der Waals surface area contributed by atoms with Gasteiger partial charge in [-0.3, -0.25) is 4.79 Å². The normalized spacial score (nSPS) is 25.0. The molecule has 1 aliphatic heterocycles. The lowest BCUT2D eigenvalue weighted by molar-refractivity contribution is -0.125. The number of amides is 1. The molecule has 0 saturated carbocycles. The molecule has 0 aliphatic carbocycles. The molecular weight excluding hydrogens is 192 g/mol. The Morgan fingerprint density at radius 3 is 2.80 bits per heavy atom. The summed E-state index contributed by atoms with van der Waals surface area (Å²) in [5.74, 6) is 0.712. The molecule has 1 heterocycles. The summed E-state index contributed by atoms with van der Waals surface area (Å²) in [5.41, 5.74) is 6.48. The number of carbonyl (C=O) groups is 1. The van der Waals surface area contributed by atoms with Crippen LogP contribution in [0.2, 0.25) is 0 Å². The van der Waals surface area contributed by atoms with Crippen molar-refractivity contribution < 1.29 is 9.53 Å². The largest absolute Gasteiger partial charge is 0.497 e. The summed E-state index contributed by atoms with van der Waals surface area (Å²) in [6.07, 6.45) is 0. The van der Waals surface area contributed by atoms with Crippen LogP contribution in [0, 0.1) is 0 Å². The number of ether oxygens (including phenoxy) is 1. The van der Waals surface area contributed by atoms with Gasteiger partial charge in [0, 0.05) is 11.8 Å². The molecule has 1 aliphatic rings. The van der Waals surface area contributed by atoms with Gasteiger partial charge in [0.25, 0.3) is 0 Å².